The molecule has 0 aromatic heterocycles. The number of nitrogens with two attached hydrogens (primary N) is 6. The van der Waals surface area contributed by atoms with E-state index in [-0.39, 0.29) is 29.6 Å². The van der Waals surface area contributed by atoms with Gasteiger partial charge in [-0.1, -0.05) is 37.5 Å². The van der Waals surface area contributed by atoms with Crippen molar-refractivity contribution in [3.05, 3.63) is 88.0 Å². The molecule has 0 fully saturated rings. The molecule has 0 heterocycles. The first kappa shape index (κ1) is 37.1. The Morgan fingerprint density at radius 3 is 1.02 bits per heavy atom. The Hall–Kier alpha value is -4.17. The van der Waals surface area contributed by atoms with E-state index in [1.165, 1.54) is 0 Å². The van der Waals surface area contributed by atoms with Gasteiger partial charge in [0.2, 0.25) is 17.7 Å². The summed E-state index contributed by atoms with van der Waals surface area (Å²) in [4.78, 5) is 39.1. The quantitative estimate of drug-likeness (QED) is 0.0616. The standard InChI is InChI=1S/C38H53N9O3/c39-16-4-1-7-31(42)36(48)45-22-10-13-25-28(19-22)35-29-20-23(46-37(49)32(43)8-2-5-17-40)11-14-26(29)34(25)27-15-12-24(21-30(27)35)47-38(50)33(44)9-3-6-18-41/h10-15,19-21,31-35H,1-9,16-18,39-44H2,(H,45,48)(H,46,49)(H,47,50)/t31-,32-,33-,34?,35?/m0/s1. The van der Waals surface area contributed by atoms with Gasteiger partial charge in [0.1, 0.15) is 0 Å². The SMILES string of the molecule is NCCCC[C@H](N)C(=O)Nc1ccc2c(c1)C1c3cc(NC(=O)[C@@H](N)CCCCN)ccc3C2c2ccc(NC(=O)[C@@H](N)CCCCN)cc21. The number of nitrogens with one attached hydrogen (secondary N) is 3. The third-order valence-electron chi connectivity index (χ3n) is 9.85. The summed E-state index contributed by atoms with van der Waals surface area (Å²) >= 11 is 0. The molecule has 0 saturated heterocycles. The first-order valence-corrected chi connectivity index (χ1v) is 17.9. The maximum atomic E-state index is 13.0. The number of rotatable bonds is 18. The summed E-state index contributed by atoms with van der Waals surface area (Å²) in [5.41, 5.74) is 43.9. The van der Waals surface area contributed by atoms with Crippen LogP contribution in [0.1, 0.15) is 103 Å². The molecule has 3 aliphatic rings. The summed E-state index contributed by atoms with van der Waals surface area (Å²) in [6.07, 6.45) is 6.43. The first-order valence-electron chi connectivity index (χ1n) is 17.9. The number of amides is 3. The monoisotopic (exact) mass is 683 g/mol. The fourth-order valence-electron chi connectivity index (χ4n) is 7.13. The highest BCUT2D eigenvalue weighted by Gasteiger charge is 2.42. The summed E-state index contributed by atoms with van der Waals surface area (Å²) < 4.78 is 0. The lowest BCUT2D eigenvalue weighted by Gasteiger charge is -2.42. The van der Waals surface area contributed by atoms with E-state index in [0.717, 1.165) is 71.9 Å². The van der Waals surface area contributed by atoms with Crippen LogP contribution in [0.15, 0.2) is 54.6 Å². The first-order chi connectivity index (χ1) is 24.2. The molecule has 12 heteroatoms. The van der Waals surface area contributed by atoms with Crippen LogP contribution in [0.4, 0.5) is 17.1 Å². The van der Waals surface area contributed by atoms with E-state index < -0.39 is 18.1 Å². The third-order valence-corrected chi connectivity index (χ3v) is 9.85. The second-order valence-electron chi connectivity index (χ2n) is 13.5. The Morgan fingerprint density at radius 2 is 0.740 bits per heavy atom. The number of carbonyl (C=O) groups is 3. The normalized spacial score (nSPS) is 17.2. The number of benzene rings is 3. The van der Waals surface area contributed by atoms with Crippen LogP contribution in [0.25, 0.3) is 0 Å². The van der Waals surface area contributed by atoms with Crippen LogP contribution in [0.3, 0.4) is 0 Å². The summed E-state index contributed by atoms with van der Waals surface area (Å²) in [6.45, 7) is 1.68. The molecule has 3 aliphatic carbocycles. The van der Waals surface area contributed by atoms with E-state index in [9.17, 15) is 14.4 Å². The fraction of sp³-hybridized carbons (Fsp3) is 0.447. The van der Waals surface area contributed by atoms with Gasteiger partial charge in [0.15, 0.2) is 0 Å². The van der Waals surface area contributed by atoms with E-state index >= 15 is 0 Å². The zero-order chi connectivity index (χ0) is 35.8. The zero-order valence-electron chi connectivity index (χ0n) is 28.8. The number of carbonyl (C=O) groups excluding carboxylic acids is 3. The molecule has 3 amide bonds. The molecule has 268 valence electrons. The Balaban J connectivity index is 1.47. The Labute approximate surface area is 294 Å². The van der Waals surface area contributed by atoms with Crippen molar-refractivity contribution in [3.63, 3.8) is 0 Å². The Bertz CT molecular complexity index is 1490. The topological polar surface area (TPSA) is 243 Å². The zero-order valence-corrected chi connectivity index (χ0v) is 28.8. The largest absolute Gasteiger partial charge is 0.330 e. The maximum Gasteiger partial charge on any atom is 0.241 e. The molecule has 3 aromatic rings. The van der Waals surface area contributed by atoms with Crippen LogP contribution < -0.4 is 50.4 Å². The number of unbranched alkanes of at least 4 members (excludes halogenated alkanes) is 3. The predicted molar refractivity (Wildman–Crippen MR) is 200 cm³/mol. The minimum atomic E-state index is -0.642. The Morgan fingerprint density at radius 1 is 0.460 bits per heavy atom. The van der Waals surface area contributed by atoms with Gasteiger partial charge in [-0.3, -0.25) is 14.4 Å². The van der Waals surface area contributed by atoms with Gasteiger partial charge >= 0.3 is 0 Å². The second-order valence-corrected chi connectivity index (χ2v) is 13.5. The van der Waals surface area contributed by atoms with Crippen LogP contribution in [0.5, 0.6) is 0 Å². The number of hydrogen-bond donors (Lipinski definition) is 9. The molecular formula is C38H53N9O3. The molecule has 50 heavy (non-hydrogen) atoms. The lowest BCUT2D eigenvalue weighted by molar-refractivity contribution is -0.118. The smallest absolute Gasteiger partial charge is 0.241 e. The van der Waals surface area contributed by atoms with Crippen molar-refractivity contribution in [3.8, 4) is 0 Å². The molecule has 6 rings (SSSR count). The highest BCUT2D eigenvalue weighted by atomic mass is 16.2. The predicted octanol–water partition coefficient (Wildman–Crippen LogP) is 2.86. The summed E-state index contributed by atoms with van der Waals surface area (Å²) in [7, 11) is 0. The highest BCUT2D eigenvalue weighted by molar-refractivity contribution is 5.97. The maximum absolute atomic E-state index is 13.0. The van der Waals surface area contributed by atoms with Gasteiger partial charge in [0.25, 0.3) is 0 Å². The molecule has 3 atom stereocenters. The average Bonchev–Trinajstić information content (AvgIpc) is 3.11. The lowest BCUT2D eigenvalue weighted by Crippen LogP contribution is -2.36. The van der Waals surface area contributed by atoms with Crippen molar-refractivity contribution >= 4 is 34.8 Å². The van der Waals surface area contributed by atoms with E-state index in [1.807, 2.05) is 36.4 Å². The van der Waals surface area contributed by atoms with Crippen LogP contribution in [-0.2, 0) is 14.4 Å². The van der Waals surface area contributed by atoms with Crippen LogP contribution in [0, 0.1) is 0 Å². The number of hydrogen-bond acceptors (Lipinski definition) is 9. The van der Waals surface area contributed by atoms with Crippen LogP contribution in [-0.4, -0.2) is 55.5 Å². The summed E-state index contributed by atoms with van der Waals surface area (Å²) in [5.74, 6) is -1.06. The van der Waals surface area contributed by atoms with Crippen LogP contribution in [0.2, 0.25) is 0 Å². The van der Waals surface area contributed by atoms with Gasteiger partial charge < -0.3 is 50.4 Å². The molecule has 0 saturated carbocycles. The van der Waals surface area contributed by atoms with Gasteiger partial charge in [-0.05, 0) is 128 Å². The van der Waals surface area contributed by atoms with Gasteiger partial charge in [-0.15, -0.1) is 0 Å². The molecular weight excluding hydrogens is 630 g/mol. The minimum absolute atomic E-state index is 0.0881. The molecule has 2 bridgehead atoms. The van der Waals surface area contributed by atoms with Gasteiger partial charge in [-0.2, -0.15) is 0 Å². The van der Waals surface area contributed by atoms with E-state index in [4.69, 9.17) is 34.4 Å². The second kappa shape index (κ2) is 17.2. The number of anilines is 3. The molecule has 0 unspecified atom stereocenters. The van der Waals surface area contributed by atoms with Gasteiger partial charge in [0.05, 0.1) is 18.1 Å². The Kier molecular flexibility index (Phi) is 12.7. The fourth-order valence-corrected chi connectivity index (χ4v) is 7.13. The highest BCUT2D eigenvalue weighted by Crippen LogP contribution is 2.57. The van der Waals surface area contributed by atoms with E-state index in [2.05, 4.69) is 34.1 Å². The third kappa shape index (κ3) is 8.40. The average molecular weight is 684 g/mol. The van der Waals surface area contributed by atoms with Crippen molar-refractivity contribution in [1.29, 1.82) is 0 Å². The van der Waals surface area contributed by atoms with Crippen molar-refractivity contribution in [2.45, 2.75) is 87.7 Å². The molecule has 0 spiro atoms. The van der Waals surface area contributed by atoms with Crippen molar-refractivity contribution in [2.24, 2.45) is 34.4 Å². The van der Waals surface area contributed by atoms with Crippen LogP contribution >= 0.6 is 0 Å². The molecule has 0 radical (unpaired) electrons. The summed E-state index contributed by atoms with van der Waals surface area (Å²) in [6, 6.07) is 16.1. The van der Waals surface area contributed by atoms with E-state index in [0.29, 0.717) is 56.0 Å². The van der Waals surface area contributed by atoms with Crippen molar-refractivity contribution in [1.82, 2.24) is 0 Å². The molecule has 0 aliphatic heterocycles. The molecule has 3 aromatic carbocycles. The van der Waals surface area contributed by atoms with Crippen molar-refractivity contribution in [2.75, 3.05) is 35.6 Å². The van der Waals surface area contributed by atoms with E-state index in [1.54, 1.807) is 0 Å². The molecule has 15 N–H and O–H groups in total. The molecule has 12 nitrogen and oxygen atoms in total. The van der Waals surface area contributed by atoms with Gasteiger partial charge in [0, 0.05) is 28.9 Å². The minimum Gasteiger partial charge on any atom is -0.330 e. The van der Waals surface area contributed by atoms with Gasteiger partial charge in [-0.25, -0.2) is 0 Å². The lowest BCUT2D eigenvalue weighted by atomic mass is 9.61. The summed E-state index contributed by atoms with van der Waals surface area (Å²) in [5, 5.41) is 9.05. The van der Waals surface area contributed by atoms with Crippen molar-refractivity contribution < 1.29 is 14.4 Å².